The van der Waals surface area contributed by atoms with E-state index in [2.05, 4.69) is 174 Å². The lowest BCUT2D eigenvalue weighted by Gasteiger charge is -2.09. The van der Waals surface area contributed by atoms with E-state index in [0.29, 0.717) is 0 Å². The normalized spacial score (nSPS) is 12.1. The Hall–Kier alpha value is -6.88. The lowest BCUT2D eigenvalue weighted by Crippen LogP contribution is -1.93. The summed E-state index contributed by atoms with van der Waals surface area (Å²) in [5.74, 6) is 0. The molecule has 0 N–H and O–H groups in total. The summed E-state index contributed by atoms with van der Waals surface area (Å²) in [5, 5.41) is 13.0. The highest BCUT2D eigenvalue weighted by Crippen LogP contribution is 2.40. The lowest BCUT2D eigenvalue weighted by atomic mass is 10.0. The van der Waals surface area contributed by atoms with Crippen LogP contribution in [0.3, 0.4) is 0 Å². The van der Waals surface area contributed by atoms with Gasteiger partial charge in [0.05, 0.1) is 27.6 Å². The van der Waals surface area contributed by atoms with Gasteiger partial charge in [-0.1, -0.05) is 97.1 Å². The number of benzene rings is 7. The monoisotopic (exact) mass is 703 g/mol. The summed E-state index contributed by atoms with van der Waals surface area (Å²) in [6, 6.07) is 61.8. The third-order valence-corrected chi connectivity index (χ3v) is 12.3. The van der Waals surface area contributed by atoms with Gasteiger partial charge < -0.3 is 4.57 Å². The molecule has 250 valence electrons. The molecule has 0 aliphatic heterocycles. The summed E-state index contributed by atoms with van der Waals surface area (Å²) in [7, 11) is 0. The number of para-hydroxylation sites is 2. The average molecular weight is 704 g/mol. The van der Waals surface area contributed by atoms with Crippen LogP contribution >= 0.6 is 11.3 Å². The Morgan fingerprint density at radius 1 is 0.407 bits per heavy atom. The largest absolute Gasteiger partial charge is 0.309 e. The van der Waals surface area contributed by atoms with Gasteiger partial charge in [-0.15, -0.1) is 11.3 Å². The van der Waals surface area contributed by atoms with Crippen molar-refractivity contribution in [3.63, 3.8) is 0 Å². The van der Waals surface area contributed by atoms with E-state index < -0.39 is 0 Å². The predicted octanol–water partition coefficient (Wildman–Crippen LogP) is 13.9. The lowest BCUT2D eigenvalue weighted by molar-refractivity contribution is 1.18. The molecule has 7 aromatic carbocycles. The highest BCUT2D eigenvalue weighted by molar-refractivity contribution is 7.26. The van der Waals surface area contributed by atoms with Crippen molar-refractivity contribution in [1.29, 1.82) is 0 Å². The van der Waals surface area contributed by atoms with Crippen molar-refractivity contribution in [1.82, 2.24) is 14.5 Å². The van der Waals surface area contributed by atoms with Crippen molar-refractivity contribution in [2.24, 2.45) is 0 Å². The number of rotatable bonds is 2. The van der Waals surface area contributed by atoms with Crippen LogP contribution in [0.5, 0.6) is 0 Å². The van der Waals surface area contributed by atoms with E-state index in [-0.39, 0.29) is 0 Å². The van der Waals surface area contributed by atoms with Crippen LogP contribution in [0.2, 0.25) is 0 Å². The minimum absolute atomic E-state index is 0.928. The molecule has 12 aromatic rings. The molecule has 3 nitrogen and oxygen atoms in total. The number of hydrogen-bond acceptors (Lipinski definition) is 3. The van der Waals surface area contributed by atoms with Gasteiger partial charge in [-0.3, -0.25) is 4.98 Å². The standard InChI is InChI=1S/C50H29N3S/c1-2-13-37(14-3-1)53-45-17-5-4-15-38(45)40-25-34(19-21-46(40)53)36-27-41-43(51-29-36)28-44-39-16-8-18-48-49(39)42-26-33(20-22-47(42)54-48)31-10-6-9-30(23-31)32-11-7-12-35(24-32)50(41)52-44/h1-29H. The summed E-state index contributed by atoms with van der Waals surface area (Å²) >= 11 is 1.84. The van der Waals surface area contributed by atoms with Crippen molar-refractivity contribution in [2.75, 3.05) is 0 Å². The van der Waals surface area contributed by atoms with Crippen molar-refractivity contribution in [2.45, 2.75) is 0 Å². The molecule has 0 amide bonds. The molecule has 0 spiro atoms. The first-order chi connectivity index (χ1) is 26.7. The Labute approximate surface area is 313 Å². The van der Waals surface area contributed by atoms with Crippen molar-refractivity contribution >= 4 is 108 Å². The maximum Gasteiger partial charge on any atom is 0.0803 e. The number of thiophene rings is 1. The SMILES string of the molecule is c1ccc(-n2c3ccccc3c3cc(-c4cnc5cc6nc(c7cccc(c7)c7cccc(c7)c7ccc8sc9cccc6c9c8c7)c5c4)ccc32)cc1. The highest BCUT2D eigenvalue weighted by atomic mass is 32.1. The molecular formula is C50H29N3S. The van der Waals surface area contributed by atoms with E-state index in [1.54, 1.807) is 0 Å². The molecular weight excluding hydrogens is 675 g/mol. The molecule has 4 heteroatoms. The summed E-state index contributed by atoms with van der Waals surface area (Å²) in [5.41, 5.74) is 8.52. The van der Waals surface area contributed by atoms with Gasteiger partial charge in [-0.2, -0.15) is 0 Å². The van der Waals surface area contributed by atoms with Crippen molar-refractivity contribution < 1.29 is 0 Å². The first kappa shape index (κ1) is 29.7. The minimum atomic E-state index is 0.928. The fourth-order valence-electron chi connectivity index (χ4n) is 8.59. The Morgan fingerprint density at radius 2 is 1.11 bits per heavy atom. The molecule has 8 bridgehead atoms. The van der Waals surface area contributed by atoms with Gasteiger partial charge in [0.15, 0.2) is 0 Å². The summed E-state index contributed by atoms with van der Waals surface area (Å²) in [6.07, 6.45) is 2.03. The fraction of sp³-hybridized carbons (Fsp3) is 0. The van der Waals surface area contributed by atoms with Crippen LogP contribution < -0.4 is 0 Å². The Morgan fingerprint density at radius 3 is 1.98 bits per heavy atom. The fourth-order valence-corrected chi connectivity index (χ4v) is 9.70. The Balaban J connectivity index is 1.18. The second-order valence-electron chi connectivity index (χ2n) is 14.2. The van der Waals surface area contributed by atoms with Gasteiger partial charge in [-0.25, -0.2) is 4.98 Å². The van der Waals surface area contributed by atoms with E-state index >= 15 is 0 Å². The van der Waals surface area contributed by atoms with E-state index in [1.165, 1.54) is 58.1 Å². The van der Waals surface area contributed by atoms with Gasteiger partial charge in [0.1, 0.15) is 0 Å². The molecule has 12 rings (SSSR count). The maximum atomic E-state index is 5.55. The molecule has 0 saturated carbocycles. The molecule has 0 aliphatic carbocycles. The topological polar surface area (TPSA) is 30.7 Å². The van der Waals surface area contributed by atoms with Crippen molar-refractivity contribution in [3.8, 4) is 16.8 Å². The molecule has 5 heterocycles. The molecule has 0 saturated heterocycles. The van der Waals surface area contributed by atoms with Gasteiger partial charge in [0.25, 0.3) is 0 Å². The first-order valence-electron chi connectivity index (χ1n) is 18.3. The molecule has 0 aliphatic rings. The smallest absolute Gasteiger partial charge is 0.0803 e. The molecule has 0 unspecified atom stereocenters. The van der Waals surface area contributed by atoms with Crippen LogP contribution in [-0.4, -0.2) is 14.5 Å². The number of nitrogens with zero attached hydrogens (tertiary/aromatic N) is 3. The van der Waals surface area contributed by atoms with Crippen LogP contribution in [0.4, 0.5) is 0 Å². The first-order valence-corrected chi connectivity index (χ1v) is 19.1. The highest BCUT2D eigenvalue weighted by Gasteiger charge is 2.15. The molecule has 5 aromatic heterocycles. The predicted molar refractivity (Wildman–Crippen MR) is 231 cm³/mol. The van der Waals surface area contributed by atoms with Gasteiger partial charge in [0.2, 0.25) is 0 Å². The van der Waals surface area contributed by atoms with Gasteiger partial charge in [0, 0.05) is 64.6 Å². The Kier molecular flexibility index (Phi) is 6.21. The maximum absolute atomic E-state index is 5.55. The average Bonchev–Trinajstić information content (AvgIpc) is 3.78. The van der Waals surface area contributed by atoms with Crippen LogP contribution in [-0.2, 0) is 0 Å². The van der Waals surface area contributed by atoms with Crippen LogP contribution in [0.25, 0.3) is 113 Å². The van der Waals surface area contributed by atoms with Crippen molar-refractivity contribution in [3.05, 3.63) is 176 Å². The van der Waals surface area contributed by atoms with E-state index in [9.17, 15) is 0 Å². The quantitative estimate of drug-likeness (QED) is 0.179. The number of aromatic nitrogens is 3. The van der Waals surface area contributed by atoms with Crippen LogP contribution in [0, 0.1) is 0 Å². The zero-order valence-corrected chi connectivity index (χ0v) is 29.8. The molecule has 0 fully saturated rings. The van der Waals surface area contributed by atoms with Crippen LogP contribution in [0.15, 0.2) is 176 Å². The van der Waals surface area contributed by atoms with Gasteiger partial charge in [-0.05, 0) is 99.9 Å². The zero-order valence-electron chi connectivity index (χ0n) is 29.0. The van der Waals surface area contributed by atoms with E-state index in [1.807, 2.05) is 17.5 Å². The molecule has 0 atom stereocenters. The third kappa shape index (κ3) is 4.41. The minimum Gasteiger partial charge on any atom is -0.309 e. The molecule has 0 radical (unpaired) electrons. The van der Waals surface area contributed by atoms with E-state index in [0.717, 1.165) is 54.9 Å². The second kappa shape index (κ2) is 11.3. The summed E-state index contributed by atoms with van der Waals surface area (Å²) < 4.78 is 4.90. The zero-order chi connectivity index (χ0) is 35.3. The Bertz CT molecular complexity index is 3560. The number of pyridine rings is 2. The second-order valence-corrected chi connectivity index (χ2v) is 15.3. The summed E-state index contributed by atoms with van der Waals surface area (Å²) in [6.45, 7) is 0. The van der Waals surface area contributed by atoms with Gasteiger partial charge >= 0.3 is 0 Å². The molecule has 54 heavy (non-hydrogen) atoms. The number of hydrogen-bond donors (Lipinski definition) is 0. The summed E-state index contributed by atoms with van der Waals surface area (Å²) in [4.78, 5) is 10.7. The van der Waals surface area contributed by atoms with Crippen LogP contribution in [0.1, 0.15) is 0 Å². The van der Waals surface area contributed by atoms with E-state index in [4.69, 9.17) is 9.97 Å². The number of fused-ring (bicyclic) bond motifs is 16. The third-order valence-electron chi connectivity index (χ3n) is 11.1.